The molecule has 0 heterocycles. The second kappa shape index (κ2) is 4.60. The minimum Gasteiger partial charge on any atom is -1.00 e. The topological polar surface area (TPSA) is 0 Å². The van der Waals surface area contributed by atoms with E-state index in [2.05, 4.69) is 20.8 Å². The molecule has 0 bridgehead atoms. The molecule has 0 aliphatic heterocycles. The summed E-state index contributed by atoms with van der Waals surface area (Å²) >= 11 is 0. The fourth-order valence-electron chi connectivity index (χ4n) is 0. The van der Waals surface area contributed by atoms with Crippen molar-refractivity contribution in [3.8, 4) is 0 Å². The summed E-state index contributed by atoms with van der Waals surface area (Å²) in [5.41, 5.74) is 0. The molecule has 0 aromatic carbocycles. The van der Waals surface area contributed by atoms with E-state index >= 15 is 0 Å². The second-order valence-electron chi connectivity index (χ2n) is 1.50. The number of rotatable bonds is 0. The summed E-state index contributed by atoms with van der Waals surface area (Å²) in [5, 5.41) is 0. The van der Waals surface area contributed by atoms with Gasteiger partial charge in [-0.2, -0.15) is 20.8 Å². The predicted octanol–water partition coefficient (Wildman–Crippen LogP) is 1.24. The summed E-state index contributed by atoms with van der Waals surface area (Å²) in [6.07, 6.45) is 0. The van der Waals surface area contributed by atoms with E-state index in [1.54, 1.807) is 0 Å². The quantitative estimate of drug-likeness (QED) is 0.293. The van der Waals surface area contributed by atoms with Crippen molar-refractivity contribution in [1.29, 1.82) is 0 Å². The Hall–Kier alpha value is 0.597. The molecule has 0 amide bonds. The van der Waals surface area contributed by atoms with Crippen LogP contribution in [-0.2, 0) is 0 Å². The molecule has 0 aromatic heterocycles. The molecule has 0 atom stereocenters. The molecule has 0 spiro atoms. The second-order valence-corrected chi connectivity index (χ2v) is 1.50. The van der Waals surface area contributed by atoms with Crippen LogP contribution in [0.3, 0.4) is 0 Å². The Morgan fingerprint density at radius 2 is 1.00 bits per heavy atom. The Bertz CT molecular complexity index is 8.36. The molecule has 0 N–H and O–H groups in total. The first-order chi connectivity index (χ1) is 1.73. The van der Waals surface area contributed by atoms with Gasteiger partial charge in [0.25, 0.3) is 0 Å². The van der Waals surface area contributed by atoms with Crippen LogP contribution in [0.4, 0.5) is 0 Å². The summed E-state index contributed by atoms with van der Waals surface area (Å²) in [5.74, 6) is 1.42. The van der Waals surface area contributed by atoms with Crippen LogP contribution in [0.2, 0.25) is 0 Å². The van der Waals surface area contributed by atoms with Crippen molar-refractivity contribution < 1.29 is 0 Å². The largest absolute Gasteiger partial charge is 1.00 e. The Kier molecular flexibility index (Phi) is 8.41. The number of hydrogen-bond acceptors (Lipinski definition) is 0. The Morgan fingerprint density at radius 3 is 1.00 bits per heavy atom. The van der Waals surface area contributed by atoms with Crippen LogP contribution in [0.5, 0.6) is 0 Å². The third-order valence-corrected chi connectivity index (χ3v) is 0. The van der Waals surface area contributed by atoms with E-state index in [0.29, 0.717) is 0 Å². The first-order valence-electron chi connectivity index (χ1n) is 1.50. The van der Waals surface area contributed by atoms with Crippen molar-refractivity contribution in [2.24, 2.45) is 0 Å². The van der Waals surface area contributed by atoms with E-state index in [4.69, 9.17) is 0 Å². The Labute approximate surface area is 46.1 Å². The van der Waals surface area contributed by atoms with Crippen LogP contribution >= 0.6 is 0 Å². The van der Waals surface area contributed by atoms with Gasteiger partial charge in [0.1, 0.15) is 0 Å². The van der Waals surface area contributed by atoms with Gasteiger partial charge in [0.05, 0.1) is 0 Å². The van der Waals surface area contributed by atoms with Crippen LogP contribution in [0.25, 0.3) is 0 Å². The first kappa shape index (κ1) is 9.14. The zero-order valence-corrected chi connectivity index (χ0v) is 4.50. The average molecular weight is 64.1 g/mol. The molecule has 28 valence electrons. The Morgan fingerprint density at radius 1 is 1.00 bits per heavy atom. The molecule has 0 saturated heterocycles. The summed E-state index contributed by atoms with van der Waals surface area (Å²) < 4.78 is 0. The van der Waals surface area contributed by atoms with Gasteiger partial charge in [-0.25, -0.2) is 0 Å². The molecule has 0 aromatic rings. The molecule has 0 fully saturated rings. The Balaban J connectivity index is 0. The van der Waals surface area contributed by atoms with E-state index in [-0.39, 0.29) is 18.9 Å². The normalized spacial score (nSPS) is 7.20. The molecule has 5 heavy (non-hydrogen) atoms. The van der Waals surface area contributed by atoms with Crippen LogP contribution in [-0.4, -0.2) is 18.9 Å². The number of hydrogen-bond donors (Lipinski definition) is 0. The summed E-state index contributed by atoms with van der Waals surface area (Å²) in [6.45, 7) is 6.25. The molecule has 0 rings (SSSR count). The minimum absolute atomic E-state index is 0. The SMILES string of the molecule is C[C-](C)C.[Li-]. The molecule has 0 nitrogen and oxygen atoms in total. The van der Waals surface area contributed by atoms with Crippen LogP contribution in [0, 0.1) is 5.92 Å². The van der Waals surface area contributed by atoms with Gasteiger partial charge in [-0.05, 0) is 0 Å². The fraction of sp³-hybridized carbons (Fsp3) is 0.750. The standard InChI is InChI=1S/C4H9.Li/c1-4(2)3;/h1-3H3;/q2*-1. The smallest absolute Gasteiger partial charge is 0.189 e. The molecule has 2 radical (unpaired) electrons. The fourth-order valence-corrected chi connectivity index (χ4v) is 0. The van der Waals surface area contributed by atoms with Gasteiger partial charge < -0.3 is 24.8 Å². The van der Waals surface area contributed by atoms with Gasteiger partial charge in [-0.3, -0.25) is 0 Å². The van der Waals surface area contributed by atoms with Crippen molar-refractivity contribution in [2.45, 2.75) is 20.8 Å². The van der Waals surface area contributed by atoms with E-state index in [0.717, 1.165) is 0 Å². The zero-order valence-electron chi connectivity index (χ0n) is 4.50. The van der Waals surface area contributed by atoms with Gasteiger partial charge in [0, 0.05) is 0 Å². The van der Waals surface area contributed by atoms with Crippen LogP contribution in [0.1, 0.15) is 20.8 Å². The summed E-state index contributed by atoms with van der Waals surface area (Å²) in [6, 6.07) is 0. The van der Waals surface area contributed by atoms with Gasteiger partial charge in [0.2, 0.25) is 0 Å². The van der Waals surface area contributed by atoms with Crippen molar-refractivity contribution in [3.63, 3.8) is 0 Å². The summed E-state index contributed by atoms with van der Waals surface area (Å²) in [7, 11) is 0. The zero-order chi connectivity index (χ0) is 3.58. The maximum atomic E-state index is 2.08. The average Bonchev–Trinajstić information content (AvgIpc) is 0.811. The minimum atomic E-state index is 0. The van der Waals surface area contributed by atoms with Gasteiger partial charge in [-0.1, -0.05) is 0 Å². The maximum absolute atomic E-state index is 2.08. The van der Waals surface area contributed by atoms with Crippen molar-refractivity contribution in [3.05, 3.63) is 5.92 Å². The van der Waals surface area contributed by atoms with E-state index in [9.17, 15) is 0 Å². The third kappa shape index (κ3) is 86.9. The van der Waals surface area contributed by atoms with Crippen molar-refractivity contribution >= 4 is 18.9 Å². The van der Waals surface area contributed by atoms with Crippen LogP contribution < -0.4 is 0 Å². The van der Waals surface area contributed by atoms with Gasteiger partial charge in [0.15, 0.2) is 0 Å². The molecule has 0 aliphatic carbocycles. The molecular weight excluding hydrogens is 55.0 g/mol. The van der Waals surface area contributed by atoms with Crippen molar-refractivity contribution in [1.82, 2.24) is 0 Å². The molecule has 0 unspecified atom stereocenters. The van der Waals surface area contributed by atoms with Gasteiger partial charge >= 0.3 is 0 Å². The first-order valence-corrected chi connectivity index (χ1v) is 1.50. The van der Waals surface area contributed by atoms with Crippen LogP contribution in [0.15, 0.2) is 0 Å². The monoisotopic (exact) mass is 64.1 g/mol. The van der Waals surface area contributed by atoms with Gasteiger partial charge in [-0.15, -0.1) is 0 Å². The molecule has 0 saturated carbocycles. The molecular formula is C4H9Li-2. The van der Waals surface area contributed by atoms with E-state index in [1.807, 2.05) is 0 Å². The predicted molar refractivity (Wildman–Crippen MR) is 26.0 cm³/mol. The van der Waals surface area contributed by atoms with Crippen molar-refractivity contribution in [2.75, 3.05) is 0 Å². The van der Waals surface area contributed by atoms with E-state index < -0.39 is 0 Å². The maximum Gasteiger partial charge on any atom is -0.189 e. The summed E-state index contributed by atoms with van der Waals surface area (Å²) in [4.78, 5) is 0. The third-order valence-electron chi connectivity index (χ3n) is 0. The molecule has 1 heteroatoms. The van der Waals surface area contributed by atoms with E-state index in [1.165, 1.54) is 5.92 Å². The molecule has 0 aliphatic rings.